The number of amides is 1. The fourth-order valence-electron chi connectivity index (χ4n) is 4.38. The number of aryl methyl sites for hydroxylation is 1. The van der Waals surface area contributed by atoms with Crippen molar-refractivity contribution in [2.24, 2.45) is 0 Å². The Bertz CT molecular complexity index is 1490. The molecule has 1 aliphatic rings. The van der Waals surface area contributed by atoms with E-state index in [1.54, 1.807) is 25.6 Å². The number of H-pyrrole nitrogens is 1. The highest BCUT2D eigenvalue weighted by Gasteiger charge is 2.15. The van der Waals surface area contributed by atoms with E-state index in [1.165, 1.54) is 11.1 Å². The van der Waals surface area contributed by atoms with E-state index in [4.69, 9.17) is 4.74 Å². The number of carbonyl (C=O) groups excluding carboxylic acids is 1. The number of benzene rings is 2. The van der Waals surface area contributed by atoms with Gasteiger partial charge in [-0.15, -0.1) is 0 Å². The Hall–Kier alpha value is -4.19. The van der Waals surface area contributed by atoms with Gasteiger partial charge in [0.15, 0.2) is 0 Å². The Labute approximate surface area is 216 Å². The zero-order valence-corrected chi connectivity index (χ0v) is 21.3. The summed E-state index contributed by atoms with van der Waals surface area (Å²) in [6.45, 7) is 7.36. The summed E-state index contributed by atoms with van der Waals surface area (Å²) in [4.78, 5) is 22.0. The Balaban J connectivity index is 1.26. The van der Waals surface area contributed by atoms with Gasteiger partial charge in [-0.3, -0.25) is 19.8 Å². The number of rotatable bonds is 5. The van der Waals surface area contributed by atoms with Crippen molar-refractivity contribution in [3.05, 3.63) is 82.8 Å². The van der Waals surface area contributed by atoms with Crippen molar-refractivity contribution in [2.75, 3.05) is 45.7 Å². The smallest absolute Gasteiger partial charge is 0.257 e. The van der Waals surface area contributed by atoms with Crippen LogP contribution in [-0.2, 0) is 6.54 Å². The van der Waals surface area contributed by atoms with Crippen LogP contribution in [0.5, 0.6) is 5.75 Å². The van der Waals surface area contributed by atoms with Crippen molar-refractivity contribution in [3.8, 4) is 17.6 Å². The number of likely N-dealkylation sites (N-methyl/N-ethyl adjacent to an activating group) is 1. The molecule has 0 unspecified atom stereocenters. The highest BCUT2D eigenvalue weighted by Crippen LogP contribution is 2.21. The lowest BCUT2D eigenvalue weighted by Crippen LogP contribution is -2.43. The van der Waals surface area contributed by atoms with E-state index in [0.717, 1.165) is 55.1 Å². The van der Waals surface area contributed by atoms with Crippen LogP contribution in [0.15, 0.2) is 54.9 Å². The molecule has 0 aliphatic carbocycles. The Kier molecular flexibility index (Phi) is 7.17. The van der Waals surface area contributed by atoms with Gasteiger partial charge in [0, 0.05) is 67.8 Å². The minimum absolute atomic E-state index is 0.221. The molecule has 37 heavy (non-hydrogen) atoms. The Morgan fingerprint density at radius 1 is 1.08 bits per heavy atom. The summed E-state index contributed by atoms with van der Waals surface area (Å²) in [6, 6.07) is 13.5. The maximum Gasteiger partial charge on any atom is 0.257 e. The van der Waals surface area contributed by atoms with Gasteiger partial charge in [0.05, 0.1) is 18.2 Å². The zero-order valence-electron chi connectivity index (χ0n) is 21.3. The molecule has 5 rings (SSSR count). The SMILES string of the molecule is COc1ccc2c(C#Cc3cncc(C(=O)Nc4ccc(CN5CCN(C)CC5)c(C)c4)c3)[nH]nc2c1. The van der Waals surface area contributed by atoms with E-state index in [2.05, 4.69) is 62.2 Å². The van der Waals surface area contributed by atoms with Gasteiger partial charge < -0.3 is 15.0 Å². The molecule has 2 aromatic heterocycles. The third-order valence-electron chi connectivity index (χ3n) is 6.68. The molecule has 3 heterocycles. The Morgan fingerprint density at radius 3 is 2.70 bits per heavy atom. The molecule has 8 nitrogen and oxygen atoms in total. The minimum Gasteiger partial charge on any atom is -0.497 e. The number of aromatic amines is 1. The van der Waals surface area contributed by atoms with Crippen molar-refractivity contribution < 1.29 is 9.53 Å². The third-order valence-corrected chi connectivity index (χ3v) is 6.68. The molecular formula is C29H30N6O2. The zero-order chi connectivity index (χ0) is 25.8. The third kappa shape index (κ3) is 5.80. The van der Waals surface area contributed by atoms with Crippen LogP contribution in [0.25, 0.3) is 10.9 Å². The van der Waals surface area contributed by atoms with E-state index in [0.29, 0.717) is 16.8 Å². The van der Waals surface area contributed by atoms with Crippen molar-refractivity contribution in [3.63, 3.8) is 0 Å². The van der Waals surface area contributed by atoms with Crippen LogP contribution in [0.4, 0.5) is 5.69 Å². The van der Waals surface area contributed by atoms with Crippen LogP contribution in [-0.4, -0.2) is 71.2 Å². The molecule has 0 bridgehead atoms. The van der Waals surface area contributed by atoms with Crippen molar-refractivity contribution in [1.82, 2.24) is 25.0 Å². The van der Waals surface area contributed by atoms with Gasteiger partial charge in [0.25, 0.3) is 5.91 Å². The Morgan fingerprint density at radius 2 is 1.92 bits per heavy atom. The van der Waals surface area contributed by atoms with E-state index >= 15 is 0 Å². The van der Waals surface area contributed by atoms with Gasteiger partial charge >= 0.3 is 0 Å². The fourth-order valence-corrected chi connectivity index (χ4v) is 4.38. The number of fused-ring (bicyclic) bond motifs is 1. The normalized spacial score (nSPS) is 14.2. The number of hydrogen-bond acceptors (Lipinski definition) is 6. The lowest BCUT2D eigenvalue weighted by Gasteiger charge is -2.32. The summed E-state index contributed by atoms with van der Waals surface area (Å²) in [5, 5.41) is 11.1. The molecule has 0 saturated carbocycles. The van der Waals surface area contributed by atoms with Crippen LogP contribution in [0.2, 0.25) is 0 Å². The van der Waals surface area contributed by atoms with Gasteiger partial charge in [-0.05, 0) is 61.4 Å². The molecule has 1 aliphatic heterocycles. The second-order valence-corrected chi connectivity index (χ2v) is 9.37. The summed E-state index contributed by atoms with van der Waals surface area (Å²) in [5.74, 6) is 6.70. The van der Waals surface area contributed by atoms with E-state index in [9.17, 15) is 4.79 Å². The second-order valence-electron chi connectivity index (χ2n) is 9.37. The highest BCUT2D eigenvalue weighted by atomic mass is 16.5. The number of piperazine rings is 1. The topological polar surface area (TPSA) is 86.4 Å². The maximum atomic E-state index is 12.9. The first-order valence-corrected chi connectivity index (χ1v) is 12.3. The molecule has 2 aromatic carbocycles. The first-order chi connectivity index (χ1) is 18.0. The van der Waals surface area contributed by atoms with E-state index < -0.39 is 0 Å². The summed E-state index contributed by atoms with van der Waals surface area (Å²) >= 11 is 0. The van der Waals surface area contributed by atoms with Crippen molar-refractivity contribution in [1.29, 1.82) is 0 Å². The number of anilines is 1. The predicted molar refractivity (Wildman–Crippen MR) is 145 cm³/mol. The fraction of sp³-hybridized carbons (Fsp3) is 0.276. The van der Waals surface area contributed by atoms with Crippen LogP contribution >= 0.6 is 0 Å². The van der Waals surface area contributed by atoms with Crippen LogP contribution in [0.3, 0.4) is 0 Å². The number of pyridine rings is 1. The summed E-state index contributed by atoms with van der Waals surface area (Å²) < 4.78 is 5.25. The van der Waals surface area contributed by atoms with Crippen LogP contribution in [0, 0.1) is 18.8 Å². The number of hydrogen-bond donors (Lipinski definition) is 2. The molecule has 1 amide bonds. The molecule has 1 fully saturated rings. The standard InChI is InChI=1S/C29H30N6O2/c1-20-14-24(6-5-22(20)19-35-12-10-34(2)11-13-35)31-29(36)23-15-21(17-30-18-23)4-9-27-26-8-7-25(37-3)16-28(26)33-32-27/h5-8,14-18H,10-13,19H2,1-3H3,(H,31,36)(H,32,33). The molecule has 0 atom stereocenters. The van der Waals surface area contributed by atoms with Crippen LogP contribution < -0.4 is 10.1 Å². The molecule has 1 saturated heterocycles. The molecule has 4 aromatic rings. The molecular weight excluding hydrogens is 464 g/mol. The maximum absolute atomic E-state index is 12.9. The predicted octanol–water partition coefficient (Wildman–Crippen LogP) is 3.67. The molecule has 0 spiro atoms. The summed E-state index contributed by atoms with van der Waals surface area (Å²) in [5.41, 5.74) is 5.78. The van der Waals surface area contributed by atoms with E-state index in [1.807, 2.05) is 30.3 Å². The number of aromatic nitrogens is 3. The number of nitrogens with zero attached hydrogens (tertiary/aromatic N) is 4. The highest BCUT2D eigenvalue weighted by molar-refractivity contribution is 6.04. The van der Waals surface area contributed by atoms with Crippen molar-refractivity contribution in [2.45, 2.75) is 13.5 Å². The van der Waals surface area contributed by atoms with Gasteiger partial charge in [-0.25, -0.2) is 0 Å². The first kappa shape index (κ1) is 24.5. The lowest BCUT2D eigenvalue weighted by atomic mass is 10.1. The minimum atomic E-state index is -0.221. The number of ether oxygens (including phenoxy) is 1. The quantitative estimate of drug-likeness (QED) is 0.412. The lowest BCUT2D eigenvalue weighted by molar-refractivity contribution is 0.102. The number of nitrogens with one attached hydrogen (secondary N) is 2. The number of methoxy groups -OCH3 is 1. The van der Waals surface area contributed by atoms with Gasteiger partial charge in [0.2, 0.25) is 0 Å². The van der Waals surface area contributed by atoms with Gasteiger partial charge in [-0.1, -0.05) is 12.0 Å². The molecule has 2 N–H and O–H groups in total. The monoisotopic (exact) mass is 494 g/mol. The van der Waals surface area contributed by atoms with E-state index in [-0.39, 0.29) is 5.91 Å². The molecule has 188 valence electrons. The largest absolute Gasteiger partial charge is 0.497 e. The molecule has 8 heteroatoms. The van der Waals surface area contributed by atoms with Crippen LogP contribution in [0.1, 0.15) is 32.7 Å². The number of carbonyl (C=O) groups is 1. The summed E-state index contributed by atoms with van der Waals surface area (Å²) in [7, 11) is 3.78. The van der Waals surface area contributed by atoms with Crippen molar-refractivity contribution >= 4 is 22.5 Å². The second kappa shape index (κ2) is 10.8. The average molecular weight is 495 g/mol. The van der Waals surface area contributed by atoms with Gasteiger partial charge in [-0.2, -0.15) is 5.10 Å². The average Bonchev–Trinajstić information content (AvgIpc) is 3.32. The van der Waals surface area contributed by atoms with Gasteiger partial charge in [0.1, 0.15) is 11.4 Å². The first-order valence-electron chi connectivity index (χ1n) is 12.3. The molecule has 0 radical (unpaired) electrons. The summed E-state index contributed by atoms with van der Waals surface area (Å²) in [6.07, 6.45) is 3.19.